The molecule has 0 spiro atoms. The normalized spacial score (nSPS) is 17.4. The lowest BCUT2D eigenvalue weighted by atomic mass is 10.1. The van der Waals surface area contributed by atoms with E-state index in [1.807, 2.05) is 32.0 Å². The molecule has 0 saturated heterocycles. The van der Waals surface area contributed by atoms with Crippen molar-refractivity contribution < 1.29 is 9.84 Å². The summed E-state index contributed by atoms with van der Waals surface area (Å²) in [7, 11) is 0. The summed E-state index contributed by atoms with van der Waals surface area (Å²) >= 11 is 0. The van der Waals surface area contributed by atoms with Crippen LogP contribution in [-0.4, -0.2) is 42.4 Å². The maximum atomic E-state index is 10.1. The summed E-state index contributed by atoms with van der Waals surface area (Å²) in [6, 6.07) is 6.09. The first-order valence-corrected chi connectivity index (χ1v) is 6.91. The molecule has 1 unspecified atom stereocenters. The van der Waals surface area contributed by atoms with Crippen molar-refractivity contribution in [3.63, 3.8) is 0 Å². The second-order valence-electron chi connectivity index (χ2n) is 5.21. The molecular formula is C16H23NO2. The summed E-state index contributed by atoms with van der Waals surface area (Å²) in [6.07, 6.45) is 4.98. The minimum Gasteiger partial charge on any atom is -0.490 e. The summed E-state index contributed by atoms with van der Waals surface area (Å²) in [5, 5.41) is 10.1. The number of para-hydroxylation sites is 1. The van der Waals surface area contributed by atoms with Crippen molar-refractivity contribution in [1.29, 1.82) is 0 Å². The molecule has 2 rings (SSSR count). The predicted molar refractivity (Wildman–Crippen MR) is 77.6 cm³/mol. The molecule has 1 N–H and O–H groups in total. The number of hydrogen-bond donors (Lipinski definition) is 1. The van der Waals surface area contributed by atoms with Crippen LogP contribution in [0.2, 0.25) is 0 Å². The van der Waals surface area contributed by atoms with Gasteiger partial charge in [0.2, 0.25) is 0 Å². The molecule has 0 aliphatic carbocycles. The van der Waals surface area contributed by atoms with E-state index in [0.29, 0.717) is 13.2 Å². The Hall–Kier alpha value is -1.32. The minimum atomic E-state index is -0.439. The van der Waals surface area contributed by atoms with E-state index in [0.717, 1.165) is 36.4 Å². The van der Waals surface area contributed by atoms with E-state index in [-0.39, 0.29) is 0 Å². The van der Waals surface area contributed by atoms with Gasteiger partial charge in [-0.2, -0.15) is 0 Å². The number of benzene rings is 1. The molecule has 1 atom stereocenters. The Balaban J connectivity index is 1.83. The molecule has 0 bridgehead atoms. The van der Waals surface area contributed by atoms with Crippen LogP contribution in [0.1, 0.15) is 17.5 Å². The van der Waals surface area contributed by atoms with Gasteiger partial charge in [0.05, 0.1) is 0 Å². The van der Waals surface area contributed by atoms with Crippen molar-refractivity contribution >= 4 is 0 Å². The van der Waals surface area contributed by atoms with Gasteiger partial charge in [0.1, 0.15) is 18.5 Å². The molecule has 19 heavy (non-hydrogen) atoms. The molecule has 3 heteroatoms. The highest BCUT2D eigenvalue weighted by Crippen LogP contribution is 2.22. The Bertz CT molecular complexity index is 422. The molecule has 0 radical (unpaired) electrons. The number of aryl methyl sites for hydroxylation is 2. The molecule has 1 heterocycles. The highest BCUT2D eigenvalue weighted by atomic mass is 16.5. The molecule has 0 fully saturated rings. The third-order valence-corrected chi connectivity index (χ3v) is 3.44. The lowest BCUT2D eigenvalue weighted by molar-refractivity contribution is 0.0708. The second-order valence-corrected chi connectivity index (χ2v) is 5.21. The average molecular weight is 261 g/mol. The molecule has 0 amide bonds. The minimum absolute atomic E-state index is 0.353. The van der Waals surface area contributed by atoms with Crippen LogP contribution in [0.15, 0.2) is 30.4 Å². The first-order valence-electron chi connectivity index (χ1n) is 6.91. The maximum Gasteiger partial charge on any atom is 0.125 e. The van der Waals surface area contributed by atoms with E-state index >= 15 is 0 Å². The van der Waals surface area contributed by atoms with Gasteiger partial charge in [0.25, 0.3) is 0 Å². The summed E-state index contributed by atoms with van der Waals surface area (Å²) in [5.41, 5.74) is 2.24. The zero-order valence-electron chi connectivity index (χ0n) is 11.8. The molecule has 104 valence electrons. The monoisotopic (exact) mass is 261 g/mol. The molecule has 1 aromatic rings. The lowest BCUT2D eigenvalue weighted by Crippen LogP contribution is -2.37. The van der Waals surface area contributed by atoms with Crippen LogP contribution in [-0.2, 0) is 0 Å². The summed E-state index contributed by atoms with van der Waals surface area (Å²) in [5.74, 6) is 0.903. The second kappa shape index (κ2) is 6.73. The standard InChI is InChI=1S/C16H23NO2/c1-13-7-6-8-14(2)16(13)19-12-15(18)11-17-9-4-3-5-10-17/h3-4,6-8,15,18H,5,9-12H2,1-2H3. The smallest absolute Gasteiger partial charge is 0.125 e. The quantitative estimate of drug-likeness (QED) is 0.826. The average Bonchev–Trinajstić information content (AvgIpc) is 2.39. The van der Waals surface area contributed by atoms with Gasteiger partial charge in [0, 0.05) is 19.6 Å². The number of aliphatic hydroxyl groups excluding tert-OH is 1. The first kappa shape index (κ1) is 14.1. The number of rotatable bonds is 5. The van der Waals surface area contributed by atoms with Gasteiger partial charge >= 0.3 is 0 Å². The van der Waals surface area contributed by atoms with E-state index in [1.54, 1.807) is 0 Å². The number of aliphatic hydroxyl groups is 1. The number of β-amino-alcohol motifs (C(OH)–C–C–N with tert-alkyl or cyclic N) is 1. The zero-order chi connectivity index (χ0) is 13.7. The van der Waals surface area contributed by atoms with Gasteiger partial charge in [-0.1, -0.05) is 30.4 Å². The maximum absolute atomic E-state index is 10.1. The Morgan fingerprint density at radius 2 is 2.00 bits per heavy atom. The van der Waals surface area contributed by atoms with Gasteiger partial charge in [0.15, 0.2) is 0 Å². The van der Waals surface area contributed by atoms with Gasteiger partial charge in [-0.15, -0.1) is 0 Å². The topological polar surface area (TPSA) is 32.7 Å². The van der Waals surface area contributed by atoms with E-state index in [9.17, 15) is 5.11 Å². The van der Waals surface area contributed by atoms with Crippen LogP contribution in [0.3, 0.4) is 0 Å². The lowest BCUT2D eigenvalue weighted by Gasteiger charge is -2.25. The Morgan fingerprint density at radius 3 is 2.63 bits per heavy atom. The van der Waals surface area contributed by atoms with Crippen molar-refractivity contribution in [3.05, 3.63) is 41.5 Å². The number of ether oxygens (including phenoxy) is 1. The van der Waals surface area contributed by atoms with E-state index in [2.05, 4.69) is 17.1 Å². The van der Waals surface area contributed by atoms with Gasteiger partial charge in [-0.3, -0.25) is 4.90 Å². The van der Waals surface area contributed by atoms with Crippen LogP contribution < -0.4 is 4.74 Å². The molecule has 1 aliphatic rings. The summed E-state index contributed by atoms with van der Waals surface area (Å²) < 4.78 is 5.78. The fourth-order valence-corrected chi connectivity index (χ4v) is 2.41. The van der Waals surface area contributed by atoms with Crippen LogP contribution in [0, 0.1) is 13.8 Å². The van der Waals surface area contributed by atoms with E-state index < -0.39 is 6.10 Å². The van der Waals surface area contributed by atoms with Crippen molar-refractivity contribution in [3.8, 4) is 5.75 Å². The van der Waals surface area contributed by atoms with E-state index in [4.69, 9.17) is 4.74 Å². The van der Waals surface area contributed by atoms with Crippen LogP contribution >= 0.6 is 0 Å². The number of hydrogen-bond acceptors (Lipinski definition) is 3. The summed E-state index contributed by atoms with van der Waals surface area (Å²) in [4.78, 5) is 2.25. The third-order valence-electron chi connectivity index (χ3n) is 3.44. The molecule has 1 aliphatic heterocycles. The zero-order valence-corrected chi connectivity index (χ0v) is 11.8. The van der Waals surface area contributed by atoms with Crippen LogP contribution in [0.4, 0.5) is 0 Å². The molecule has 0 saturated carbocycles. The fraction of sp³-hybridized carbons (Fsp3) is 0.500. The molecule has 3 nitrogen and oxygen atoms in total. The van der Waals surface area contributed by atoms with Crippen molar-refractivity contribution in [1.82, 2.24) is 4.90 Å². The van der Waals surface area contributed by atoms with E-state index in [1.165, 1.54) is 0 Å². The Morgan fingerprint density at radius 1 is 1.26 bits per heavy atom. The van der Waals surface area contributed by atoms with Crippen molar-refractivity contribution in [2.75, 3.05) is 26.2 Å². The molecule has 1 aromatic carbocycles. The van der Waals surface area contributed by atoms with Crippen LogP contribution in [0.25, 0.3) is 0 Å². The predicted octanol–water partition coefficient (Wildman–Crippen LogP) is 2.31. The van der Waals surface area contributed by atoms with Crippen molar-refractivity contribution in [2.24, 2.45) is 0 Å². The largest absolute Gasteiger partial charge is 0.490 e. The SMILES string of the molecule is Cc1cccc(C)c1OCC(O)CN1CC=CCC1. The summed E-state index contributed by atoms with van der Waals surface area (Å²) in [6.45, 7) is 7.05. The molecule has 0 aromatic heterocycles. The number of nitrogens with zero attached hydrogens (tertiary/aromatic N) is 1. The Labute approximate surface area is 115 Å². The third kappa shape index (κ3) is 4.08. The van der Waals surface area contributed by atoms with Crippen molar-refractivity contribution in [2.45, 2.75) is 26.4 Å². The highest BCUT2D eigenvalue weighted by molar-refractivity contribution is 5.39. The Kier molecular flexibility index (Phi) is 5.00. The van der Waals surface area contributed by atoms with Gasteiger partial charge in [-0.25, -0.2) is 0 Å². The van der Waals surface area contributed by atoms with Gasteiger partial charge in [-0.05, 0) is 31.4 Å². The first-order chi connectivity index (χ1) is 9.16. The van der Waals surface area contributed by atoms with Gasteiger partial charge < -0.3 is 9.84 Å². The van der Waals surface area contributed by atoms with Crippen LogP contribution in [0.5, 0.6) is 5.75 Å². The molecular weight excluding hydrogens is 238 g/mol. The fourth-order valence-electron chi connectivity index (χ4n) is 2.41. The highest BCUT2D eigenvalue weighted by Gasteiger charge is 2.13.